The first-order valence-electron chi connectivity index (χ1n) is 4.63. The average molecular weight is 243 g/mol. The van der Waals surface area contributed by atoms with Gasteiger partial charge in [0.2, 0.25) is 0 Å². The SMILES string of the molecule is C=CCC(CC=C)(CC=C)CCBr. The van der Waals surface area contributed by atoms with Crippen LogP contribution < -0.4 is 0 Å². The minimum atomic E-state index is 0.300. The first-order valence-corrected chi connectivity index (χ1v) is 5.75. The fourth-order valence-electron chi connectivity index (χ4n) is 1.68. The van der Waals surface area contributed by atoms with Gasteiger partial charge in [-0.2, -0.15) is 0 Å². The lowest BCUT2D eigenvalue weighted by molar-refractivity contribution is 0.289. The molecule has 0 rings (SSSR count). The molecule has 0 aliphatic rings. The molecule has 0 radical (unpaired) electrons. The zero-order valence-corrected chi connectivity index (χ0v) is 9.85. The van der Waals surface area contributed by atoms with Gasteiger partial charge in [0, 0.05) is 5.33 Å². The quantitative estimate of drug-likeness (QED) is 0.435. The van der Waals surface area contributed by atoms with E-state index < -0.39 is 0 Å². The Hall–Kier alpha value is -0.300. The third-order valence-corrected chi connectivity index (χ3v) is 2.75. The van der Waals surface area contributed by atoms with E-state index in [0.717, 1.165) is 31.0 Å². The van der Waals surface area contributed by atoms with Crippen LogP contribution in [0.2, 0.25) is 0 Å². The zero-order chi connectivity index (χ0) is 10.2. The molecule has 0 bridgehead atoms. The van der Waals surface area contributed by atoms with Gasteiger partial charge in [-0.1, -0.05) is 34.2 Å². The maximum absolute atomic E-state index is 3.81. The molecule has 0 heterocycles. The van der Waals surface area contributed by atoms with Crippen molar-refractivity contribution in [3.8, 4) is 0 Å². The highest BCUT2D eigenvalue weighted by Crippen LogP contribution is 2.36. The number of alkyl halides is 1. The molecule has 0 unspecified atom stereocenters. The van der Waals surface area contributed by atoms with Crippen molar-refractivity contribution in [3.05, 3.63) is 38.0 Å². The van der Waals surface area contributed by atoms with Crippen molar-refractivity contribution >= 4 is 15.9 Å². The first kappa shape index (κ1) is 12.7. The van der Waals surface area contributed by atoms with Crippen LogP contribution in [0.5, 0.6) is 0 Å². The molecule has 0 N–H and O–H groups in total. The van der Waals surface area contributed by atoms with E-state index in [-0.39, 0.29) is 0 Å². The summed E-state index contributed by atoms with van der Waals surface area (Å²) in [6.45, 7) is 11.4. The van der Waals surface area contributed by atoms with Gasteiger partial charge in [0.05, 0.1) is 0 Å². The molecule has 0 aromatic rings. The van der Waals surface area contributed by atoms with E-state index in [1.807, 2.05) is 18.2 Å². The lowest BCUT2D eigenvalue weighted by Gasteiger charge is -2.30. The molecule has 0 aromatic carbocycles. The molecule has 0 fully saturated rings. The van der Waals surface area contributed by atoms with E-state index in [9.17, 15) is 0 Å². The summed E-state index contributed by atoms with van der Waals surface area (Å²) in [5.41, 5.74) is 0.300. The van der Waals surface area contributed by atoms with Gasteiger partial charge >= 0.3 is 0 Å². The lowest BCUT2D eigenvalue weighted by atomic mass is 9.76. The summed E-state index contributed by atoms with van der Waals surface area (Å²) in [6, 6.07) is 0. The van der Waals surface area contributed by atoms with Crippen molar-refractivity contribution in [2.75, 3.05) is 5.33 Å². The Balaban J connectivity index is 4.44. The van der Waals surface area contributed by atoms with Crippen molar-refractivity contribution in [2.24, 2.45) is 5.41 Å². The second-order valence-corrected chi connectivity index (χ2v) is 4.21. The third kappa shape index (κ3) is 4.47. The Morgan fingerprint density at radius 1 is 0.923 bits per heavy atom. The minimum absolute atomic E-state index is 0.300. The predicted molar refractivity (Wildman–Crippen MR) is 65.3 cm³/mol. The van der Waals surface area contributed by atoms with Crippen molar-refractivity contribution in [2.45, 2.75) is 25.7 Å². The van der Waals surface area contributed by atoms with E-state index in [0.29, 0.717) is 5.41 Å². The van der Waals surface area contributed by atoms with E-state index in [4.69, 9.17) is 0 Å². The Kier molecular flexibility index (Phi) is 6.97. The van der Waals surface area contributed by atoms with Gasteiger partial charge in [-0.15, -0.1) is 19.7 Å². The Bertz CT molecular complexity index is 143. The second-order valence-electron chi connectivity index (χ2n) is 3.42. The number of rotatable bonds is 8. The van der Waals surface area contributed by atoms with Crippen LogP contribution in [0.25, 0.3) is 0 Å². The molecule has 13 heavy (non-hydrogen) atoms. The van der Waals surface area contributed by atoms with Gasteiger partial charge in [-0.25, -0.2) is 0 Å². The molecule has 0 spiro atoms. The summed E-state index contributed by atoms with van der Waals surface area (Å²) >= 11 is 3.49. The van der Waals surface area contributed by atoms with Crippen LogP contribution in [0.1, 0.15) is 25.7 Å². The zero-order valence-electron chi connectivity index (χ0n) is 8.27. The molecule has 0 aromatic heterocycles. The monoisotopic (exact) mass is 242 g/mol. The van der Waals surface area contributed by atoms with Gasteiger partial charge in [0.15, 0.2) is 0 Å². The fourth-order valence-corrected chi connectivity index (χ4v) is 2.52. The summed E-state index contributed by atoms with van der Waals surface area (Å²) in [6.07, 6.45) is 10.3. The molecular weight excluding hydrogens is 224 g/mol. The van der Waals surface area contributed by atoms with Crippen molar-refractivity contribution in [1.82, 2.24) is 0 Å². The highest BCUT2D eigenvalue weighted by Gasteiger charge is 2.24. The first-order chi connectivity index (χ1) is 6.24. The lowest BCUT2D eigenvalue weighted by Crippen LogP contribution is -2.19. The van der Waals surface area contributed by atoms with Gasteiger partial charge < -0.3 is 0 Å². The second kappa shape index (κ2) is 7.14. The number of hydrogen-bond donors (Lipinski definition) is 0. The predicted octanol–water partition coefficient (Wildman–Crippen LogP) is 4.49. The van der Waals surface area contributed by atoms with Crippen LogP contribution in [-0.2, 0) is 0 Å². The molecule has 0 saturated heterocycles. The van der Waals surface area contributed by atoms with Crippen LogP contribution in [0.4, 0.5) is 0 Å². The topological polar surface area (TPSA) is 0 Å². The third-order valence-electron chi connectivity index (χ3n) is 2.36. The Labute approximate surface area is 90.6 Å². The number of allylic oxidation sites excluding steroid dienone is 3. The molecule has 1 heteroatoms. The fraction of sp³-hybridized carbons (Fsp3) is 0.500. The van der Waals surface area contributed by atoms with Gasteiger partial charge in [0.25, 0.3) is 0 Å². The summed E-state index contributed by atoms with van der Waals surface area (Å²) in [7, 11) is 0. The molecule has 74 valence electrons. The van der Waals surface area contributed by atoms with Crippen LogP contribution >= 0.6 is 15.9 Å². The standard InChI is InChI=1S/C12H19Br/c1-4-7-12(8-5-2,9-6-3)10-11-13/h4-6H,1-3,7-11H2. The van der Waals surface area contributed by atoms with E-state index in [1.54, 1.807) is 0 Å². The number of hydrogen-bond acceptors (Lipinski definition) is 0. The largest absolute Gasteiger partial charge is 0.103 e. The van der Waals surface area contributed by atoms with Crippen molar-refractivity contribution in [1.29, 1.82) is 0 Å². The van der Waals surface area contributed by atoms with E-state index >= 15 is 0 Å². The Morgan fingerprint density at radius 2 is 1.31 bits per heavy atom. The summed E-state index contributed by atoms with van der Waals surface area (Å²) < 4.78 is 0. The molecule has 0 atom stereocenters. The van der Waals surface area contributed by atoms with Crippen LogP contribution in [-0.4, -0.2) is 5.33 Å². The summed E-state index contributed by atoms with van der Waals surface area (Å²) in [5.74, 6) is 0. The molecule has 0 aliphatic carbocycles. The van der Waals surface area contributed by atoms with E-state index in [1.165, 1.54) is 0 Å². The van der Waals surface area contributed by atoms with Gasteiger partial charge in [-0.05, 0) is 31.1 Å². The number of halogens is 1. The van der Waals surface area contributed by atoms with Crippen LogP contribution in [0, 0.1) is 5.41 Å². The smallest absolute Gasteiger partial charge is 0.00369 e. The highest BCUT2D eigenvalue weighted by molar-refractivity contribution is 9.09. The molecule has 0 amide bonds. The molecule has 0 nitrogen and oxygen atoms in total. The Morgan fingerprint density at radius 3 is 1.54 bits per heavy atom. The van der Waals surface area contributed by atoms with Crippen molar-refractivity contribution in [3.63, 3.8) is 0 Å². The molecular formula is C12H19Br. The van der Waals surface area contributed by atoms with Gasteiger partial charge in [0.1, 0.15) is 0 Å². The van der Waals surface area contributed by atoms with Crippen molar-refractivity contribution < 1.29 is 0 Å². The average Bonchev–Trinajstić information content (AvgIpc) is 2.06. The molecule has 0 aliphatic heterocycles. The highest BCUT2D eigenvalue weighted by atomic mass is 79.9. The summed E-state index contributed by atoms with van der Waals surface area (Å²) in [4.78, 5) is 0. The van der Waals surface area contributed by atoms with Crippen LogP contribution in [0.15, 0.2) is 38.0 Å². The minimum Gasteiger partial charge on any atom is -0.103 e. The van der Waals surface area contributed by atoms with Crippen LogP contribution in [0.3, 0.4) is 0 Å². The maximum Gasteiger partial charge on any atom is 0.00369 e. The normalized spacial score (nSPS) is 10.8. The van der Waals surface area contributed by atoms with Gasteiger partial charge in [-0.3, -0.25) is 0 Å². The summed E-state index contributed by atoms with van der Waals surface area (Å²) in [5, 5.41) is 1.03. The van der Waals surface area contributed by atoms with E-state index in [2.05, 4.69) is 35.7 Å². The molecule has 0 saturated carbocycles. The maximum atomic E-state index is 3.81.